The fourth-order valence-corrected chi connectivity index (χ4v) is 4.50. The number of hydrogen-bond acceptors (Lipinski definition) is 5. The highest BCUT2D eigenvalue weighted by molar-refractivity contribution is 5.75. The van der Waals surface area contributed by atoms with E-state index in [1.807, 2.05) is 34.6 Å². The Hall–Kier alpha value is -3.63. The third kappa shape index (κ3) is 6.25. The van der Waals surface area contributed by atoms with E-state index in [0.29, 0.717) is 30.0 Å². The molecule has 1 unspecified atom stereocenters. The molecule has 2 N–H and O–H groups in total. The van der Waals surface area contributed by atoms with Crippen LogP contribution in [-0.2, 0) is 6.18 Å². The van der Waals surface area contributed by atoms with Gasteiger partial charge in [0.05, 0.1) is 29.2 Å². The molecule has 0 spiro atoms. The van der Waals surface area contributed by atoms with E-state index >= 15 is 0 Å². The number of halogens is 3. The topological polar surface area (TPSA) is 88.0 Å². The standard InChI is InChI=1S/C27H34F3N7O/c1-17(2)37-16-19(15-32-37)33-24-31-11-10-22(34-24)18-8-9-20(21(14-18)27(28,29)30)23(26(3,4)5)35-25(38)36-12-6-7-13-36/h8-11,14-17,23H,6-7,12-13H2,1-5H3,(H,35,38)(H,31,33,34). The Morgan fingerprint density at radius 2 is 1.79 bits per heavy atom. The van der Waals surface area contributed by atoms with Crippen LogP contribution in [0.2, 0.25) is 0 Å². The fourth-order valence-electron chi connectivity index (χ4n) is 4.50. The van der Waals surface area contributed by atoms with Crippen molar-refractivity contribution >= 4 is 17.7 Å². The van der Waals surface area contributed by atoms with Crippen molar-refractivity contribution in [3.8, 4) is 11.3 Å². The number of amides is 2. The van der Waals surface area contributed by atoms with Crippen LogP contribution < -0.4 is 10.6 Å². The van der Waals surface area contributed by atoms with E-state index in [4.69, 9.17) is 0 Å². The average Bonchev–Trinajstić information content (AvgIpc) is 3.54. The number of aromatic nitrogens is 4. The van der Waals surface area contributed by atoms with Gasteiger partial charge in [0.25, 0.3) is 0 Å². The number of carbonyl (C=O) groups is 1. The highest BCUT2D eigenvalue weighted by Crippen LogP contribution is 2.42. The number of benzene rings is 1. The molecule has 38 heavy (non-hydrogen) atoms. The number of alkyl halides is 3. The van der Waals surface area contributed by atoms with Crippen LogP contribution in [-0.4, -0.2) is 43.8 Å². The molecule has 1 aromatic carbocycles. The summed E-state index contributed by atoms with van der Waals surface area (Å²) in [4.78, 5) is 23.1. The van der Waals surface area contributed by atoms with Gasteiger partial charge in [0.15, 0.2) is 0 Å². The normalized spacial score (nSPS) is 15.1. The smallest absolute Gasteiger partial charge is 0.331 e. The molecule has 3 heterocycles. The van der Waals surface area contributed by atoms with E-state index in [0.717, 1.165) is 18.9 Å². The summed E-state index contributed by atoms with van der Waals surface area (Å²) in [5, 5.41) is 10.2. The lowest BCUT2D eigenvalue weighted by Crippen LogP contribution is -2.44. The largest absolute Gasteiger partial charge is 0.416 e. The van der Waals surface area contributed by atoms with Crippen LogP contribution >= 0.6 is 0 Å². The Morgan fingerprint density at radius 1 is 1.08 bits per heavy atom. The number of anilines is 2. The number of hydrogen-bond donors (Lipinski definition) is 2. The molecule has 1 aliphatic rings. The first kappa shape index (κ1) is 27.4. The van der Waals surface area contributed by atoms with Gasteiger partial charge >= 0.3 is 12.2 Å². The molecule has 2 aromatic heterocycles. The molecule has 4 rings (SSSR count). The van der Waals surface area contributed by atoms with Crippen molar-refractivity contribution in [1.82, 2.24) is 30.0 Å². The molecule has 1 saturated heterocycles. The summed E-state index contributed by atoms with van der Waals surface area (Å²) in [7, 11) is 0. The van der Waals surface area contributed by atoms with Gasteiger partial charge in [-0.05, 0) is 49.8 Å². The van der Waals surface area contributed by atoms with Gasteiger partial charge in [-0.2, -0.15) is 18.3 Å². The van der Waals surface area contributed by atoms with Gasteiger partial charge in [-0.1, -0.05) is 32.9 Å². The predicted molar refractivity (Wildman–Crippen MR) is 140 cm³/mol. The summed E-state index contributed by atoms with van der Waals surface area (Å²) in [6.07, 6.45) is 2.09. The van der Waals surface area contributed by atoms with Crippen molar-refractivity contribution in [2.45, 2.75) is 65.7 Å². The molecular weight excluding hydrogens is 495 g/mol. The van der Waals surface area contributed by atoms with Crippen LogP contribution in [0.4, 0.5) is 29.6 Å². The Morgan fingerprint density at radius 3 is 2.39 bits per heavy atom. The maximum Gasteiger partial charge on any atom is 0.416 e. The maximum absolute atomic E-state index is 14.4. The minimum absolute atomic E-state index is 0.0230. The molecule has 1 atom stereocenters. The van der Waals surface area contributed by atoms with Crippen molar-refractivity contribution < 1.29 is 18.0 Å². The number of carbonyl (C=O) groups excluding carboxylic acids is 1. The van der Waals surface area contributed by atoms with Crippen LogP contribution in [0, 0.1) is 5.41 Å². The zero-order chi connectivity index (χ0) is 27.7. The van der Waals surface area contributed by atoms with Crippen LogP contribution in [0.25, 0.3) is 11.3 Å². The lowest BCUT2D eigenvalue weighted by Gasteiger charge is -2.35. The molecule has 0 bridgehead atoms. The molecule has 0 aliphatic carbocycles. The van der Waals surface area contributed by atoms with Gasteiger partial charge in [-0.25, -0.2) is 14.8 Å². The van der Waals surface area contributed by atoms with Crippen LogP contribution in [0.3, 0.4) is 0 Å². The number of nitrogens with zero attached hydrogens (tertiary/aromatic N) is 5. The Labute approximate surface area is 220 Å². The monoisotopic (exact) mass is 529 g/mol. The van der Waals surface area contributed by atoms with E-state index in [2.05, 4.69) is 25.7 Å². The van der Waals surface area contributed by atoms with Gasteiger partial charge in [0.1, 0.15) is 0 Å². The average molecular weight is 530 g/mol. The predicted octanol–water partition coefficient (Wildman–Crippen LogP) is 6.58. The van der Waals surface area contributed by atoms with Crippen LogP contribution in [0.5, 0.6) is 0 Å². The first-order chi connectivity index (χ1) is 17.8. The molecule has 0 saturated carbocycles. The van der Waals surface area contributed by atoms with E-state index in [1.54, 1.807) is 34.1 Å². The summed E-state index contributed by atoms with van der Waals surface area (Å²) >= 11 is 0. The summed E-state index contributed by atoms with van der Waals surface area (Å²) in [5.74, 6) is 0.244. The van der Waals surface area contributed by atoms with Gasteiger partial charge in [0.2, 0.25) is 5.95 Å². The Kier molecular flexibility index (Phi) is 7.66. The maximum atomic E-state index is 14.4. The van der Waals surface area contributed by atoms with Gasteiger partial charge < -0.3 is 15.5 Å². The minimum atomic E-state index is -4.63. The quantitative estimate of drug-likeness (QED) is 0.377. The first-order valence-electron chi connectivity index (χ1n) is 12.7. The fraction of sp³-hybridized carbons (Fsp3) is 0.481. The van der Waals surface area contributed by atoms with Crippen molar-refractivity contribution in [1.29, 1.82) is 0 Å². The molecule has 11 heteroatoms. The van der Waals surface area contributed by atoms with E-state index in [1.165, 1.54) is 12.3 Å². The molecular formula is C27H34F3N7O. The second-order valence-electron chi connectivity index (χ2n) is 10.9. The van der Waals surface area contributed by atoms with E-state index in [-0.39, 0.29) is 23.6 Å². The van der Waals surface area contributed by atoms with E-state index in [9.17, 15) is 18.0 Å². The Balaban J connectivity index is 1.67. The van der Waals surface area contributed by atoms with Crippen molar-refractivity contribution in [3.05, 3.63) is 54.0 Å². The van der Waals surface area contributed by atoms with Crippen molar-refractivity contribution in [2.24, 2.45) is 5.41 Å². The van der Waals surface area contributed by atoms with Crippen LogP contribution in [0.1, 0.15) is 70.7 Å². The minimum Gasteiger partial charge on any atom is -0.331 e. The number of urea groups is 1. The number of rotatable bonds is 6. The lowest BCUT2D eigenvalue weighted by atomic mass is 9.80. The summed E-state index contributed by atoms with van der Waals surface area (Å²) in [6.45, 7) is 10.7. The van der Waals surface area contributed by atoms with Crippen molar-refractivity contribution in [3.63, 3.8) is 0 Å². The molecule has 1 fully saturated rings. The van der Waals surface area contributed by atoms with Gasteiger partial charge in [-0.15, -0.1) is 0 Å². The van der Waals surface area contributed by atoms with Gasteiger partial charge in [-0.3, -0.25) is 4.68 Å². The molecule has 2 amide bonds. The summed E-state index contributed by atoms with van der Waals surface area (Å²) in [6, 6.07) is 4.70. The molecule has 3 aromatic rings. The Bertz CT molecular complexity index is 1270. The summed E-state index contributed by atoms with van der Waals surface area (Å²) < 4.78 is 44.9. The zero-order valence-electron chi connectivity index (χ0n) is 22.3. The lowest BCUT2D eigenvalue weighted by molar-refractivity contribution is -0.138. The highest BCUT2D eigenvalue weighted by atomic mass is 19.4. The van der Waals surface area contributed by atoms with Gasteiger partial charge in [0, 0.05) is 37.1 Å². The second-order valence-corrected chi connectivity index (χ2v) is 10.9. The molecule has 1 aliphatic heterocycles. The number of likely N-dealkylation sites (tertiary alicyclic amines) is 1. The molecule has 8 nitrogen and oxygen atoms in total. The molecule has 0 radical (unpaired) electrons. The SMILES string of the molecule is CC(C)n1cc(Nc2nccc(-c3ccc(C(NC(=O)N4CCCC4)C(C)(C)C)c(C(F)(F)F)c3)n2)cn1. The third-order valence-electron chi connectivity index (χ3n) is 6.53. The third-order valence-corrected chi connectivity index (χ3v) is 6.53. The summed E-state index contributed by atoms with van der Waals surface area (Å²) in [5.41, 5.74) is -0.141. The second kappa shape index (κ2) is 10.6. The highest BCUT2D eigenvalue weighted by Gasteiger charge is 2.40. The van der Waals surface area contributed by atoms with Crippen LogP contribution in [0.15, 0.2) is 42.9 Å². The first-order valence-corrected chi connectivity index (χ1v) is 12.7. The number of nitrogens with one attached hydrogen (secondary N) is 2. The zero-order valence-corrected chi connectivity index (χ0v) is 22.3. The molecule has 204 valence electrons. The van der Waals surface area contributed by atoms with Crippen molar-refractivity contribution in [2.75, 3.05) is 18.4 Å². The van der Waals surface area contributed by atoms with E-state index < -0.39 is 23.2 Å².